The fourth-order valence-corrected chi connectivity index (χ4v) is 3.04. The standard InChI is InChI=1S/C18H24N4O2/c1-13-7-18(20-12-19-13)22-6-4-5-14(11-22)21-15-8-16(23-2)10-17(9-15)24-3/h7-10,12,14,21H,4-6,11H2,1-3H3. The lowest BCUT2D eigenvalue weighted by atomic mass is 10.1. The van der Waals surface area contributed by atoms with E-state index in [1.54, 1.807) is 20.5 Å². The van der Waals surface area contributed by atoms with Crippen LogP contribution in [0.5, 0.6) is 11.5 Å². The van der Waals surface area contributed by atoms with Crippen LogP contribution in [0.3, 0.4) is 0 Å². The molecule has 1 aliphatic rings. The summed E-state index contributed by atoms with van der Waals surface area (Å²) in [6.45, 7) is 3.93. The van der Waals surface area contributed by atoms with Crippen LogP contribution < -0.4 is 19.7 Å². The van der Waals surface area contributed by atoms with Crippen molar-refractivity contribution in [1.29, 1.82) is 0 Å². The third kappa shape index (κ3) is 3.88. The maximum absolute atomic E-state index is 5.34. The molecule has 1 N–H and O–H groups in total. The molecule has 1 aliphatic heterocycles. The first-order valence-corrected chi connectivity index (χ1v) is 8.21. The normalized spacial score (nSPS) is 17.5. The first kappa shape index (κ1) is 16.4. The van der Waals surface area contributed by atoms with E-state index in [1.807, 2.05) is 31.2 Å². The van der Waals surface area contributed by atoms with E-state index in [0.717, 1.165) is 54.6 Å². The second-order valence-corrected chi connectivity index (χ2v) is 6.05. The molecule has 0 saturated carbocycles. The molecule has 24 heavy (non-hydrogen) atoms. The minimum atomic E-state index is 0.353. The highest BCUT2D eigenvalue weighted by Gasteiger charge is 2.21. The Morgan fingerprint density at radius 2 is 1.83 bits per heavy atom. The zero-order valence-corrected chi connectivity index (χ0v) is 14.5. The van der Waals surface area contributed by atoms with Crippen LogP contribution in [-0.2, 0) is 0 Å². The molecule has 1 atom stereocenters. The Hall–Kier alpha value is -2.50. The zero-order valence-electron chi connectivity index (χ0n) is 14.5. The summed E-state index contributed by atoms with van der Waals surface area (Å²) in [4.78, 5) is 10.9. The van der Waals surface area contributed by atoms with Gasteiger partial charge >= 0.3 is 0 Å². The lowest BCUT2D eigenvalue weighted by molar-refractivity contribution is 0.394. The molecule has 6 nitrogen and oxygen atoms in total. The Balaban J connectivity index is 1.71. The Morgan fingerprint density at radius 1 is 1.08 bits per heavy atom. The SMILES string of the molecule is COc1cc(NC2CCCN(c3cc(C)ncn3)C2)cc(OC)c1. The van der Waals surface area contributed by atoms with Crippen molar-refractivity contribution in [3.05, 3.63) is 36.3 Å². The number of aryl methyl sites for hydroxylation is 1. The largest absolute Gasteiger partial charge is 0.497 e. The fourth-order valence-electron chi connectivity index (χ4n) is 3.04. The molecule has 1 saturated heterocycles. The molecule has 0 spiro atoms. The monoisotopic (exact) mass is 328 g/mol. The van der Waals surface area contributed by atoms with Gasteiger partial charge in [0.05, 0.1) is 14.2 Å². The molecular weight excluding hydrogens is 304 g/mol. The molecule has 6 heteroatoms. The topological polar surface area (TPSA) is 59.5 Å². The summed E-state index contributed by atoms with van der Waals surface area (Å²) < 4.78 is 10.7. The Morgan fingerprint density at radius 3 is 2.50 bits per heavy atom. The van der Waals surface area contributed by atoms with Gasteiger partial charge in [-0.1, -0.05) is 0 Å². The highest BCUT2D eigenvalue weighted by molar-refractivity contribution is 5.55. The van der Waals surface area contributed by atoms with Crippen molar-refractivity contribution in [3.8, 4) is 11.5 Å². The molecule has 0 radical (unpaired) electrons. The van der Waals surface area contributed by atoms with E-state index >= 15 is 0 Å². The number of ether oxygens (including phenoxy) is 2. The van der Waals surface area contributed by atoms with Crippen LogP contribution in [0.2, 0.25) is 0 Å². The van der Waals surface area contributed by atoms with Crippen LogP contribution in [0, 0.1) is 6.92 Å². The number of rotatable bonds is 5. The lowest BCUT2D eigenvalue weighted by Gasteiger charge is -2.34. The van der Waals surface area contributed by atoms with Crippen LogP contribution in [0.4, 0.5) is 11.5 Å². The number of nitrogens with one attached hydrogen (secondary N) is 1. The maximum Gasteiger partial charge on any atom is 0.132 e. The predicted octanol–water partition coefficient (Wildman–Crippen LogP) is 2.88. The number of nitrogens with zero attached hydrogens (tertiary/aromatic N) is 3. The van der Waals surface area contributed by atoms with Crippen molar-refractivity contribution in [2.75, 3.05) is 37.5 Å². The smallest absolute Gasteiger partial charge is 0.132 e. The van der Waals surface area contributed by atoms with Crippen molar-refractivity contribution >= 4 is 11.5 Å². The zero-order chi connectivity index (χ0) is 16.9. The van der Waals surface area contributed by atoms with Gasteiger partial charge in [0.2, 0.25) is 0 Å². The van der Waals surface area contributed by atoms with Crippen LogP contribution >= 0.6 is 0 Å². The lowest BCUT2D eigenvalue weighted by Crippen LogP contribution is -2.42. The van der Waals surface area contributed by atoms with E-state index in [0.29, 0.717) is 6.04 Å². The maximum atomic E-state index is 5.34. The Bertz CT molecular complexity index is 670. The summed E-state index contributed by atoms with van der Waals surface area (Å²) >= 11 is 0. The molecule has 1 aromatic carbocycles. The number of aromatic nitrogens is 2. The van der Waals surface area contributed by atoms with Gasteiger partial charge < -0.3 is 19.7 Å². The molecule has 0 aliphatic carbocycles. The molecule has 3 rings (SSSR count). The second-order valence-electron chi connectivity index (χ2n) is 6.05. The van der Waals surface area contributed by atoms with Crippen molar-refractivity contribution in [2.24, 2.45) is 0 Å². The van der Waals surface area contributed by atoms with E-state index in [9.17, 15) is 0 Å². The molecular formula is C18H24N4O2. The van der Waals surface area contributed by atoms with Gasteiger partial charge in [-0.25, -0.2) is 9.97 Å². The molecule has 1 aromatic heterocycles. The minimum Gasteiger partial charge on any atom is -0.497 e. The van der Waals surface area contributed by atoms with Gasteiger partial charge in [0.1, 0.15) is 23.6 Å². The van der Waals surface area contributed by atoms with E-state index in [4.69, 9.17) is 9.47 Å². The molecule has 2 aromatic rings. The quantitative estimate of drug-likeness (QED) is 0.911. The number of methoxy groups -OCH3 is 2. The molecule has 0 amide bonds. The summed E-state index contributed by atoms with van der Waals surface area (Å²) in [5.74, 6) is 2.57. The third-order valence-electron chi connectivity index (χ3n) is 4.26. The average Bonchev–Trinajstić information content (AvgIpc) is 2.61. The predicted molar refractivity (Wildman–Crippen MR) is 95.2 cm³/mol. The summed E-state index contributed by atoms with van der Waals surface area (Å²) in [5, 5.41) is 3.60. The summed E-state index contributed by atoms with van der Waals surface area (Å²) in [6, 6.07) is 8.26. The summed E-state index contributed by atoms with van der Waals surface area (Å²) in [6.07, 6.45) is 3.89. The van der Waals surface area contributed by atoms with Crippen molar-refractivity contribution in [3.63, 3.8) is 0 Å². The van der Waals surface area contributed by atoms with Crippen LogP contribution in [-0.4, -0.2) is 43.3 Å². The van der Waals surface area contributed by atoms with E-state index in [1.165, 1.54) is 0 Å². The minimum absolute atomic E-state index is 0.353. The van der Waals surface area contributed by atoms with E-state index in [-0.39, 0.29) is 0 Å². The van der Waals surface area contributed by atoms with Gasteiger partial charge in [-0.15, -0.1) is 0 Å². The fraction of sp³-hybridized carbons (Fsp3) is 0.444. The van der Waals surface area contributed by atoms with Crippen LogP contribution in [0.25, 0.3) is 0 Å². The van der Waals surface area contributed by atoms with Gasteiger partial charge in [-0.05, 0) is 19.8 Å². The molecule has 128 valence electrons. The van der Waals surface area contributed by atoms with Gasteiger partial charge in [0, 0.05) is 54.8 Å². The van der Waals surface area contributed by atoms with E-state index in [2.05, 4.69) is 20.2 Å². The number of anilines is 2. The molecule has 1 fully saturated rings. The van der Waals surface area contributed by atoms with Crippen molar-refractivity contribution in [2.45, 2.75) is 25.8 Å². The van der Waals surface area contributed by atoms with Gasteiger partial charge in [-0.3, -0.25) is 0 Å². The number of piperidine rings is 1. The first-order chi connectivity index (χ1) is 11.7. The van der Waals surface area contributed by atoms with E-state index < -0.39 is 0 Å². The first-order valence-electron chi connectivity index (χ1n) is 8.21. The van der Waals surface area contributed by atoms with Gasteiger partial charge in [0.25, 0.3) is 0 Å². The Labute approximate surface area is 142 Å². The number of benzene rings is 1. The summed E-state index contributed by atoms with van der Waals surface area (Å²) in [5.41, 5.74) is 2.00. The summed E-state index contributed by atoms with van der Waals surface area (Å²) in [7, 11) is 3.33. The highest BCUT2D eigenvalue weighted by atomic mass is 16.5. The van der Waals surface area contributed by atoms with Crippen LogP contribution in [0.15, 0.2) is 30.6 Å². The van der Waals surface area contributed by atoms with Gasteiger partial charge in [0.15, 0.2) is 0 Å². The highest BCUT2D eigenvalue weighted by Crippen LogP contribution is 2.28. The number of hydrogen-bond donors (Lipinski definition) is 1. The third-order valence-corrected chi connectivity index (χ3v) is 4.26. The second kappa shape index (κ2) is 7.38. The Kier molecular flexibility index (Phi) is 5.03. The molecule has 2 heterocycles. The average molecular weight is 328 g/mol. The number of hydrogen-bond acceptors (Lipinski definition) is 6. The molecule has 1 unspecified atom stereocenters. The molecule has 0 bridgehead atoms. The van der Waals surface area contributed by atoms with Crippen molar-refractivity contribution in [1.82, 2.24) is 9.97 Å². The van der Waals surface area contributed by atoms with Gasteiger partial charge in [-0.2, -0.15) is 0 Å². The van der Waals surface area contributed by atoms with Crippen molar-refractivity contribution < 1.29 is 9.47 Å². The van der Waals surface area contributed by atoms with Crippen LogP contribution in [0.1, 0.15) is 18.5 Å².